The number of ketones is 5. The van der Waals surface area contributed by atoms with E-state index in [4.69, 9.17) is 0 Å². The maximum Gasteiger partial charge on any atom is 0.218 e. The number of rotatable bonds is 19. The lowest BCUT2D eigenvalue weighted by atomic mass is 9.89. The van der Waals surface area contributed by atoms with Gasteiger partial charge < -0.3 is 10.3 Å². The summed E-state index contributed by atoms with van der Waals surface area (Å²) in [5.74, 6) is -3.02. The fourth-order valence-corrected chi connectivity index (χ4v) is 4.48. The molecule has 0 fully saturated rings. The molecule has 40 heavy (non-hydrogen) atoms. The minimum atomic E-state index is -1.03. The van der Waals surface area contributed by atoms with E-state index in [-0.39, 0.29) is 30.6 Å². The summed E-state index contributed by atoms with van der Waals surface area (Å²) in [7, 11) is 1.68. The molecule has 5 N–H and O–H groups in total. The highest BCUT2D eigenvalue weighted by Gasteiger charge is 2.36. The predicted octanol–water partition coefficient (Wildman–Crippen LogP) is 2.07. The zero-order valence-corrected chi connectivity index (χ0v) is 24.7. The number of benzene rings is 1. The highest BCUT2D eigenvalue weighted by Crippen LogP contribution is 2.20. The van der Waals surface area contributed by atoms with Crippen LogP contribution in [0.3, 0.4) is 0 Å². The molecule has 0 aliphatic carbocycles. The summed E-state index contributed by atoms with van der Waals surface area (Å²) in [6.07, 6.45) is 3.20. The van der Waals surface area contributed by atoms with E-state index in [1.807, 2.05) is 52.0 Å². The first-order valence-corrected chi connectivity index (χ1v) is 14.1. The molecule has 0 aliphatic heterocycles. The van der Waals surface area contributed by atoms with Crippen LogP contribution in [0.25, 0.3) is 10.9 Å². The minimum Gasteiger partial charge on any atom is -0.361 e. The highest BCUT2D eigenvalue weighted by atomic mass is 16.2. The smallest absolute Gasteiger partial charge is 0.218 e. The monoisotopic (exact) mass is 555 g/mol. The lowest BCUT2D eigenvalue weighted by molar-refractivity contribution is -0.140. The molecule has 0 saturated carbocycles. The number of carbonyl (C=O) groups excluding carboxylic acids is 5. The zero-order chi connectivity index (χ0) is 30.0. The van der Waals surface area contributed by atoms with Crippen LogP contribution < -0.4 is 21.5 Å². The lowest BCUT2D eigenvalue weighted by Crippen LogP contribution is -2.59. The van der Waals surface area contributed by atoms with E-state index in [9.17, 15) is 24.0 Å². The van der Waals surface area contributed by atoms with Gasteiger partial charge in [0.2, 0.25) is 17.3 Å². The second-order valence-electron chi connectivity index (χ2n) is 10.6. The number of hydrazine groups is 1. The molecule has 2 aromatic rings. The molecule has 2 rings (SSSR count). The molecule has 0 radical (unpaired) electrons. The van der Waals surface area contributed by atoms with Gasteiger partial charge >= 0.3 is 0 Å². The second-order valence-corrected chi connectivity index (χ2v) is 10.6. The number of H-pyrrole nitrogens is 1. The normalized spacial score (nSPS) is 16.1. The Morgan fingerprint density at radius 1 is 0.850 bits per heavy atom. The van der Waals surface area contributed by atoms with Gasteiger partial charge in [0, 0.05) is 24.0 Å². The van der Waals surface area contributed by atoms with Gasteiger partial charge in [-0.1, -0.05) is 58.7 Å². The van der Waals surface area contributed by atoms with Crippen molar-refractivity contribution in [3.63, 3.8) is 0 Å². The second kappa shape index (κ2) is 15.7. The number of para-hydroxylation sites is 1. The van der Waals surface area contributed by atoms with E-state index in [1.54, 1.807) is 20.2 Å². The van der Waals surface area contributed by atoms with E-state index in [0.29, 0.717) is 12.8 Å². The van der Waals surface area contributed by atoms with Gasteiger partial charge in [0.25, 0.3) is 0 Å². The van der Waals surface area contributed by atoms with Gasteiger partial charge in [-0.05, 0) is 43.9 Å². The number of fused-ring (bicyclic) bond motifs is 1. The number of aromatic nitrogens is 1. The summed E-state index contributed by atoms with van der Waals surface area (Å²) in [5, 5.41) is 6.82. The molecule has 0 bridgehead atoms. The minimum absolute atomic E-state index is 0.0575. The largest absolute Gasteiger partial charge is 0.361 e. The maximum absolute atomic E-state index is 13.8. The summed E-state index contributed by atoms with van der Waals surface area (Å²) in [5.41, 5.74) is 7.57. The molecule has 2 unspecified atom stereocenters. The molecular weight excluding hydrogens is 510 g/mol. The van der Waals surface area contributed by atoms with Gasteiger partial charge in [0.05, 0.1) is 30.7 Å². The Balaban J connectivity index is 2.38. The van der Waals surface area contributed by atoms with Crippen LogP contribution in [0.4, 0.5) is 0 Å². The van der Waals surface area contributed by atoms with Crippen molar-refractivity contribution in [2.45, 2.75) is 85.0 Å². The quantitative estimate of drug-likeness (QED) is 0.130. The number of hydrogen-bond donors (Lipinski definition) is 5. The van der Waals surface area contributed by atoms with Crippen molar-refractivity contribution in [1.82, 2.24) is 26.5 Å². The fourth-order valence-electron chi connectivity index (χ4n) is 4.48. The van der Waals surface area contributed by atoms with E-state index < -0.39 is 47.3 Å². The Morgan fingerprint density at radius 3 is 2.08 bits per heavy atom. The van der Waals surface area contributed by atoms with Crippen molar-refractivity contribution >= 4 is 39.8 Å². The summed E-state index contributed by atoms with van der Waals surface area (Å²) < 4.78 is 0. The Morgan fingerprint density at radius 2 is 1.48 bits per heavy atom. The maximum atomic E-state index is 13.8. The molecule has 1 aromatic carbocycles. The van der Waals surface area contributed by atoms with Gasteiger partial charge in [-0.25, -0.2) is 10.9 Å². The van der Waals surface area contributed by atoms with Crippen molar-refractivity contribution in [2.75, 3.05) is 13.6 Å². The average Bonchev–Trinajstić information content (AvgIpc) is 3.37. The third kappa shape index (κ3) is 8.47. The summed E-state index contributed by atoms with van der Waals surface area (Å²) in [4.78, 5) is 67.7. The Kier molecular flexibility index (Phi) is 13.0. The van der Waals surface area contributed by atoms with Crippen molar-refractivity contribution in [3.05, 3.63) is 36.0 Å². The Bertz CT molecular complexity index is 1190. The van der Waals surface area contributed by atoms with E-state index in [0.717, 1.165) is 16.5 Å². The number of carbonyl (C=O) groups is 5. The third-order valence-electron chi connectivity index (χ3n) is 7.82. The predicted molar refractivity (Wildman–Crippen MR) is 156 cm³/mol. The molecule has 0 amide bonds. The Labute approximate surface area is 236 Å². The van der Waals surface area contributed by atoms with Crippen LogP contribution in [0.2, 0.25) is 0 Å². The van der Waals surface area contributed by atoms with Crippen molar-refractivity contribution in [3.8, 4) is 0 Å². The van der Waals surface area contributed by atoms with E-state index in [2.05, 4.69) is 26.5 Å². The summed E-state index contributed by atoms with van der Waals surface area (Å²) in [6.45, 7) is 10.4. The van der Waals surface area contributed by atoms with Crippen LogP contribution in [0.5, 0.6) is 0 Å². The Hall–Kier alpha value is -3.05. The molecule has 1 aromatic heterocycles. The molecule has 220 valence electrons. The number of hydrogen-bond acceptors (Lipinski definition) is 9. The van der Waals surface area contributed by atoms with Crippen molar-refractivity contribution < 1.29 is 24.0 Å². The number of nitrogens with one attached hydrogen (secondary N) is 5. The number of likely N-dealkylation sites (N-methyl/N-ethyl adjacent to an activating group) is 1. The van der Waals surface area contributed by atoms with Gasteiger partial charge in [-0.3, -0.25) is 29.3 Å². The molecule has 1 heterocycles. The van der Waals surface area contributed by atoms with Crippen molar-refractivity contribution in [1.29, 1.82) is 0 Å². The van der Waals surface area contributed by atoms with Gasteiger partial charge in [0.1, 0.15) is 0 Å². The summed E-state index contributed by atoms with van der Waals surface area (Å²) in [6, 6.07) is 4.49. The molecule has 0 spiro atoms. The molecular formula is C30H45N5O5. The van der Waals surface area contributed by atoms with Crippen LogP contribution >= 0.6 is 0 Å². The van der Waals surface area contributed by atoms with Gasteiger partial charge in [0.15, 0.2) is 11.6 Å². The van der Waals surface area contributed by atoms with Crippen LogP contribution in [0.1, 0.15) is 59.9 Å². The molecule has 10 heteroatoms. The third-order valence-corrected chi connectivity index (χ3v) is 7.82. The average molecular weight is 556 g/mol. The van der Waals surface area contributed by atoms with Crippen LogP contribution in [-0.4, -0.2) is 71.7 Å². The topological polar surface area (TPSA) is 149 Å². The first-order chi connectivity index (χ1) is 19.0. The highest BCUT2D eigenvalue weighted by molar-refractivity contribution is 6.41. The van der Waals surface area contributed by atoms with E-state index >= 15 is 0 Å². The standard InChI is InChI=1S/C30H45N5O5/c1-8-17(3)26(33-16-25(37)19(5)31-7)30(40)29(39)24(14-21-15-32-23-13-11-10-12-22(21)23)34-35-27(18(4)9-2)28(38)20(6)36/h10-13,15,17-19,24,26-27,31-35H,8-9,14,16H2,1-7H3/t17-,18-,19-,24-,26?,27?/m0/s1. The van der Waals surface area contributed by atoms with Gasteiger partial charge in [-0.2, -0.15) is 0 Å². The van der Waals surface area contributed by atoms with Gasteiger partial charge in [-0.15, -0.1) is 0 Å². The van der Waals surface area contributed by atoms with E-state index in [1.165, 1.54) is 6.92 Å². The lowest BCUT2D eigenvalue weighted by Gasteiger charge is -2.28. The SMILES string of the molecule is CC[C@H](C)C(NN[C@@H](Cc1c[nH]c2ccccc12)C(=O)C(=O)C(NCC(=O)[C@H](C)NC)[C@@H](C)CC)C(=O)C(C)=O. The van der Waals surface area contributed by atoms with Crippen molar-refractivity contribution in [2.24, 2.45) is 11.8 Å². The molecule has 0 saturated heterocycles. The first-order valence-electron chi connectivity index (χ1n) is 14.1. The zero-order valence-electron chi connectivity index (χ0n) is 24.7. The first kappa shape index (κ1) is 33.2. The van der Waals surface area contributed by atoms with Crippen LogP contribution in [0.15, 0.2) is 30.5 Å². The fraction of sp³-hybridized carbons (Fsp3) is 0.567. The molecule has 10 nitrogen and oxygen atoms in total. The number of Topliss-reactive ketones (excluding diaryl/α,β-unsaturated/α-hetero) is 5. The summed E-state index contributed by atoms with van der Waals surface area (Å²) >= 11 is 0. The van der Waals surface area contributed by atoms with Crippen LogP contribution in [-0.2, 0) is 30.4 Å². The number of aromatic amines is 1. The van der Waals surface area contributed by atoms with Crippen LogP contribution in [0, 0.1) is 11.8 Å². The molecule has 6 atom stereocenters. The molecule has 0 aliphatic rings.